The summed E-state index contributed by atoms with van der Waals surface area (Å²) in [6, 6.07) is 67.1. The Hall–Kier alpha value is -5.70. The van der Waals surface area contributed by atoms with Crippen molar-refractivity contribution in [3.8, 4) is 33.4 Å². The minimum atomic E-state index is -0.399. The van der Waals surface area contributed by atoms with Gasteiger partial charge in [-0.3, -0.25) is 0 Å². The number of hydrogen-bond donors (Lipinski definition) is 0. The average Bonchev–Trinajstić information content (AvgIpc) is 3.63. The van der Waals surface area contributed by atoms with E-state index in [0.717, 1.165) is 21.5 Å². The summed E-state index contributed by atoms with van der Waals surface area (Å²) in [6.07, 6.45) is 0. The van der Waals surface area contributed by atoms with Gasteiger partial charge in [-0.05, 0) is 115 Å². The van der Waals surface area contributed by atoms with Crippen molar-refractivity contribution in [1.29, 1.82) is 0 Å². The third-order valence-electron chi connectivity index (χ3n) is 10.5. The van der Waals surface area contributed by atoms with Crippen LogP contribution in [0.15, 0.2) is 186 Å². The molecule has 2 aliphatic carbocycles. The highest BCUT2D eigenvalue weighted by Gasteiger charge is 2.51. The lowest BCUT2D eigenvalue weighted by atomic mass is 9.70. The van der Waals surface area contributed by atoms with Crippen molar-refractivity contribution in [3.63, 3.8) is 0 Å². The fourth-order valence-corrected chi connectivity index (χ4v) is 8.72. The van der Waals surface area contributed by atoms with E-state index in [1.807, 2.05) is 0 Å². The molecule has 0 aromatic heterocycles. The summed E-state index contributed by atoms with van der Waals surface area (Å²) < 4.78 is 1.08. The molecule has 2 heteroatoms. The number of hydrogen-bond acceptors (Lipinski definition) is 1. The van der Waals surface area contributed by atoms with Crippen molar-refractivity contribution in [2.45, 2.75) is 5.41 Å². The molecule has 2 aliphatic rings. The minimum Gasteiger partial charge on any atom is -0.310 e. The van der Waals surface area contributed by atoms with E-state index in [1.54, 1.807) is 0 Å². The van der Waals surface area contributed by atoms with Crippen LogP contribution in [0.4, 0.5) is 17.1 Å². The average molecular weight is 689 g/mol. The van der Waals surface area contributed by atoms with Gasteiger partial charge in [0.15, 0.2) is 0 Å². The first kappa shape index (κ1) is 28.3. The van der Waals surface area contributed by atoms with Crippen molar-refractivity contribution in [2.75, 3.05) is 4.90 Å². The van der Waals surface area contributed by atoms with Crippen LogP contribution in [-0.4, -0.2) is 0 Å². The second-order valence-corrected chi connectivity index (χ2v) is 14.0. The zero-order valence-corrected chi connectivity index (χ0v) is 28.2. The molecule has 0 amide bonds. The molecule has 49 heavy (non-hydrogen) atoms. The van der Waals surface area contributed by atoms with E-state index in [-0.39, 0.29) is 0 Å². The van der Waals surface area contributed by atoms with Gasteiger partial charge in [-0.1, -0.05) is 149 Å². The lowest BCUT2D eigenvalue weighted by Gasteiger charge is -2.32. The monoisotopic (exact) mass is 687 g/mol. The van der Waals surface area contributed by atoms with Crippen molar-refractivity contribution >= 4 is 43.8 Å². The maximum Gasteiger partial charge on any atom is 0.0726 e. The summed E-state index contributed by atoms with van der Waals surface area (Å²) in [5.41, 5.74) is 16.0. The third kappa shape index (κ3) is 4.17. The molecule has 10 rings (SSSR count). The zero-order chi connectivity index (χ0) is 32.5. The SMILES string of the molecule is Brc1ccc(-c2cccc(N(c3ccc4c(c3)C3(c5ccccc5-c5ccccc53)c3ccccc3-4)c3ccc4ccccc4c3)c2)cc1. The summed E-state index contributed by atoms with van der Waals surface area (Å²) in [7, 11) is 0. The molecular formula is C47H30BrN. The normalized spacial score (nSPS) is 13.2. The van der Waals surface area contributed by atoms with Crippen LogP contribution >= 0.6 is 15.9 Å². The molecule has 1 spiro atoms. The van der Waals surface area contributed by atoms with Gasteiger partial charge in [0.2, 0.25) is 0 Å². The Morgan fingerprint density at radius 2 is 0.878 bits per heavy atom. The molecular weight excluding hydrogens is 658 g/mol. The molecule has 0 radical (unpaired) electrons. The Bertz CT molecular complexity index is 2520. The van der Waals surface area contributed by atoms with E-state index in [4.69, 9.17) is 0 Å². The summed E-state index contributed by atoms with van der Waals surface area (Å²) in [5, 5.41) is 2.45. The van der Waals surface area contributed by atoms with Gasteiger partial charge in [-0.2, -0.15) is 0 Å². The first-order valence-electron chi connectivity index (χ1n) is 16.8. The predicted octanol–water partition coefficient (Wildman–Crippen LogP) is 13.1. The minimum absolute atomic E-state index is 0.399. The van der Waals surface area contributed by atoms with Gasteiger partial charge in [0, 0.05) is 21.5 Å². The van der Waals surface area contributed by atoms with Gasteiger partial charge < -0.3 is 4.90 Å². The molecule has 230 valence electrons. The fraction of sp³-hybridized carbons (Fsp3) is 0.0213. The van der Waals surface area contributed by atoms with Crippen LogP contribution in [0.2, 0.25) is 0 Å². The van der Waals surface area contributed by atoms with E-state index in [9.17, 15) is 0 Å². The first-order chi connectivity index (χ1) is 24.2. The molecule has 0 unspecified atom stereocenters. The lowest BCUT2D eigenvalue weighted by molar-refractivity contribution is 0.793. The van der Waals surface area contributed by atoms with Gasteiger partial charge in [0.25, 0.3) is 0 Å². The topological polar surface area (TPSA) is 3.24 Å². The van der Waals surface area contributed by atoms with E-state index in [1.165, 1.54) is 66.4 Å². The molecule has 0 aliphatic heterocycles. The highest BCUT2D eigenvalue weighted by atomic mass is 79.9. The largest absolute Gasteiger partial charge is 0.310 e. The van der Waals surface area contributed by atoms with Gasteiger partial charge in [0.1, 0.15) is 0 Å². The summed E-state index contributed by atoms with van der Waals surface area (Å²) in [5.74, 6) is 0. The Kier molecular flexibility index (Phi) is 6.31. The fourth-order valence-electron chi connectivity index (χ4n) is 8.45. The molecule has 0 fully saturated rings. The Balaban J connectivity index is 1.24. The van der Waals surface area contributed by atoms with Crippen LogP contribution in [0.1, 0.15) is 22.3 Å². The number of benzene rings is 8. The first-order valence-corrected chi connectivity index (χ1v) is 17.6. The number of rotatable bonds is 4. The van der Waals surface area contributed by atoms with E-state index < -0.39 is 5.41 Å². The van der Waals surface area contributed by atoms with Crippen LogP contribution in [0.5, 0.6) is 0 Å². The van der Waals surface area contributed by atoms with Crippen LogP contribution in [0.25, 0.3) is 44.2 Å². The molecule has 0 heterocycles. The summed E-state index contributed by atoms with van der Waals surface area (Å²) >= 11 is 3.61. The van der Waals surface area contributed by atoms with Gasteiger partial charge in [0.05, 0.1) is 5.41 Å². The van der Waals surface area contributed by atoms with Crippen LogP contribution in [-0.2, 0) is 5.41 Å². The van der Waals surface area contributed by atoms with Crippen molar-refractivity contribution < 1.29 is 0 Å². The maximum atomic E-state index is 3.61. The number of anilines is 3. The highest BCUT2D eigenvalue weighted by Crippen LogP contribution is 2.63. The van der Waals surface area contributed by atoms with Gasteiger partial charge in [-0.15, -0.1) is 0 Å². The Labute approximate surface area is 294 Å². The van der Waals surface area contributed by atoms with Crippen molar-refractivity contribution in [2.24, 2.45) is 0 Å². The van der Waals surface area contributed by atoms with Crippen LogP contribution < -0.4 is 4.90 Å². The summed E-state index contributed by atoms with van der Waals surface area (Å²) in [4.78, 5) is 2.43. The van der Waals surface area contributed by atoms with E-state index in [2.05, 4.69) is 203 Å². The van der Waals surface area contributed by atoms with Crippen LogP contribution in [0, 0.1) is 0 Å². The molecule has 0 bridgehead atoms. The Morgan fingerprint density at radius 1 is 0.347 bits per heavy atom. The third-order valence-corrected chi connectivity index (χ3v) is 11.0. The molecule has 0 atom stereocenters. The number of nitrogens with zero attached hydrogens (tertiary/aromatic N) is 1. The smallest absolute Gasteiger partial charge is 0.0726 e. The second kappa shape index (κ2) is 10.9. The quantitative estimate of drug-likeness (QED) is 0.178. The molecule has 0 N–H and O–H groups in total. The zero-order valence-electron chi connectivity index (χ0n) is 26.6. The van der Waals surface area contributed by atoms with E-state index >= 15 is 0 Å². The number of fused-ring (bicyclic) bond motifs is 11. The van der Waals surface area contributed by atoms with Crippen molar-refractivity contribution in [3.05, 3.63) is 209 Å². The molecule has 0 saturated heterocycles. The second-order valence-electron chi connectivity index (χ2n) is 13.0. The van der Waals surface area contributed by atoms with Gasteiger partial charge >= 0.3 is 0 Å². The lowest BCUT2D eigenvalue weighted by Crippen LogP contribution is -2.26. The predicted molar refractivity (Wildman–Crippen MR) is 208 cm³/mol. The summed E-state index contributed by atoms with van der Waals surface area (Å²) in [6.45, 7) is 0. The molecule has 8 aromatic rings. The van der Waals surface area contributed by atoms with Crippen molar-refractivity contribution in [1.82, 2.24) is 0 Å². The van der Waals surface area contributed by atoms with Gasteiger partial charge in [-0.25, -0.2) is 0 Å². The molecule has 1 nitrogen and oxygen atoms in total. The van der Waals surface area contributed by atoms with Crippen LogP contribution in [0.3, 0.4) is 0 Å². The maximum absolute atomic E-state index is 3.61. The molecule has 0 saturated carbocycles. The standard InChI is InChI=1S/C47H30BrN/c48-35-23-20-32(21-24-35)34-12-9-13-36(28-34)49(37-25-22-31-10-1-2-11-33(31)29-37)38-26-27-42-41-16-5-8-19-45(41)47(46(42)30-38)43-17-6-3-14-39(43)40-15-4-7-18-44(40)47/h1-30H. The molecule has 8 aromatic carbocycles. The number of halogens is 1. The van der Waals surface area contributed by atoms with E-state index in [0.29, 0.717) is 0 Å². The Morgan fingerprint density at radius 3 is 1.55 bits per heavy atom. The highest BCUT2D eigenvalue weighted by molar-refractivity contribution is 9.10.